The van der Waals surface area contributed by atoms with Gasteiger partial charge >= 0.3 is 0 Å². The van der Waals surface area contributed by atoms with Crippen LogP contribution in [0.15, 0.2) is 30.3 Å². The van der Waals surface area contributed by atoms with Gasteiger partial charge in [-0.15, -0.1) is 0 Å². The predicted molar refractivity (Wildman–Crippen MR) is 48.7 cm³/mol. The van der Waals surface area contributed by atoms with Crippen molar-refractivity contribution in [2.45, 2.75) is 12.5 Å². The fourth-order valence-electron chi connectivity index (χ4n) is 1.17. The van der Waals surface area contributed by atoms with E-state index in [0.29, 0.717) is 0 Å². The Balaban J connectivity index is 2.48. The van der Waals surface area contributed by atoms with Crippen LogP contribution in [0, 0.1) is 0 Å². The monoisotopic (exact) mass is 166 g/mol. The summed E-state index contributed by atoms with van der Waals surface area (Å²) in [5, 5.41) is 11.7. The van der Waals surface area contributed by atoms with Gasteiger partial charge in [-0.3, -0.25) is 0 Å². The number of hydrogen-bond donors (Lipinski definition) is 2. The molecule has 1 rings (SSSR count). The lowest BCUT2D eigenvalue weighted by Crippen LogP contribution is -2.79. The lowest BCUT2D eigenvalue weighted by molar-refractivity contribution is -0.628. The van der Waals surface area contributed by atoms with Crippen molar-refractivity contribution in [1.82, 2.24) is 0 Å². The summed E-state index contributed by atoms with van der Waals surface area (Å²) < 4.78 is 0. The third-order valence-electron chi connectivity index (χ3n) is 1.91. The third kappa shape index (κ3) is 2.64. The number of aliphatic hydroxyl groups excluding tert-OH is 1. The van der Waals surface area contributed by atoms with E-state index in [9.17, 15) is 5.11 Å². The molecule has 0 fully saturated rings. The zero-order chi connectivity index (χ0) is 8.81. The zero-order valence-electron chi connectivity index (χ0n) is 7.40. The van der Waals surface area contributed by atoms with Crippen molar-refractivity contribution >= 4 is 0 Å². The summed E-state index contributed by atoms with van der Waals surface area (Å²) in [6.07, 6.45) is 0.517. The van der Waals surface area contributed by atoms with Crippen molar-refractivity contribution in [2.75, 3.05) is 13.6 Å². The Kier molecular flexibility index (Phi) is 3.77. The Bertz CT molecular complexity index is 210. The lowest BCUT2D eigenvalue weighted by atomic mass is 10.1. The van der Waals surface area contributed by atoms with Crippen molar-refractivity contribution in [3.63, 3.8) is 0 Å². The van der Waals surface area contributed by atoms with Crippen LogP contribution in [0.25, 0.3) is 0 Å². The van der Waals surface area contributed by atoms with E-state index in [1.54, 1.807) is 0 Å². The minimum atomic E-state index is -0.303. The van der Waals surface area contributed by atoms with Gasteiger partial charge in [0.2, 0.25) is 0 Å². The molecule has 0 bridgehead atoms. The molecule has 0 radical (unpaired) electrons. The molecule has 1 aromatic carbocycles. The molecule has 0 aliphatic heterocycles. The molecule has 66 valence electrons. The number of benzene rings is 1. The van der Waals surface area contributed by atoms with Crippen LogP contribution >= 0.6 is 0 Å². The van der Waals surface area contributed by atoms with Crippen LogP contribution in [0.2, 0.25) is 0 Å². The van der Waals surface area contributed by atoms with Crippen molar-refractivity contribution in [3.05, 3.63) is 35.9 Å². The Hall–Kier alpha value is -0.860. The summed E-state index contributed by atoms with van der Waals surface area (Å²) >= 11 is 0. The first kappa shape index (κ1) is 9.23. The van der Waals surface area contributed by atoms with Crippen LogP contribution in [-0.4, -0.2) is 18.7 Å². The Morgan fingerprint density at radius 2 is 2.00 bits per heavy atom. The molecule has 0 aliphatic rings. The van der Waals surface area contributed by atoms with E-state index in [-0.39, 0.29) is 6.10 Å². The highest BCUT2D eigenvalue weighted by atomic mass is 16.3. The summed E-state index contributed by atoms with van der Waals surface area (Å²) in [5.41, 5.74) is 1.01. The maximum atomic E-state index is 9.63. The number of hydrogen-bond acceptors (Lipinski definition) is 1. The molecule has 0 unspecified atom stereocenters. The topological polar surface area (TPSA) is 36.8 Å². The average molecular weight is 166 g/mol. The summed E-state index contributed by atoms with van der Waals surface area (Å²) in [7, 11) is 2.01. The molecule has 12 heavy (non-hydrogen) atoms. The largest absolute Gasteiger partial charge is 0.388 e. The molecule has 0 saturated carbocycles. The quantitative estimate of drug-likeness (QED) is 0.663. The van der Waals surface area contributed by atoms with Gasteiger partial charge in [-0.2, -0.15) is 0 Å². The highest BCUT2D eigenvalue weighted by molar-refractivity contribution is 5.16. The van der Waals surface area contributed by atoms with Gasteiger partial charge in [0.05, 0.1) is 19.7 Å². The van der Waals surface area contributed by atoms with Crippen LogP contribution < -0.4 is 5.32 Å². The molecule has 0 aliphatic carbocycles. The van der Waals surface area contributed by atoms with E-state index in [2.05, 4.69) is 5.32 Å². The second-order valence-electron chi connectivity index (χ2n) is 2.91. The van der Waals surface area contributed by atoms with Gasteiger partial charge in [-0.05, 0) is 5.56 Å². The smallest absolute Gasteiger partial charge is 0.0843 e. The standard InChI is InChI=1S/C10H15NO/c1-11-8-7-10(12)9-5-3-2-4-6-9/h2-6,10-12H,7-8H2,1H3/p+1/t10-/m1/s1. The first-order valence-corrected chi connectivity index (χ1v) is 4.35. The van der Waals surface area contributed by atoms with Crippen molar-refractivity contribution in [2.24, 2.45) is 0 Å². The maximum absolute atomic E-state index is 9.63. The minimum Gasteiger partial charge on any atom is -0.388 e. The molecule has 0 heterocycles. The number of aliphatic hydroxyl groups is 1. The first-order chi connectivity index (χ1) is 5.84. The van der Waals surface area contributed by atoms with E-state index in [1.165, 1.54) is 0 Å². The normalized spacial score (nSPS) is 12.8. The Morgan fingerprint density at radius 3 is 2.58 bits per heavy atom. The third-order valence-corrected chi connectivity index (χ3v) is 1.91. The summed E-state index contributed by atoms with van der Waals surface area (Å²) in [5.74, 6) is 0. The molecule has 1 atom stereocenters. The average Bonchev–Trinajstić information content (AvgIpc) is 2.15. The van der Waals surface area contributed by atoms with Crippen LogP contribution in [-0.2, 0) is 0 Å². The molecule has 0 aromatic heterocycles. The maximum Gasteiger partial charge on any atom is 0.0843 e. The van der Waals surface area contributed by atoms with Gasteiger partial charge in [-0.1, -0.05) is 30.3 Å². The highest BCUT2D eigenvalue weighted by Crippen LogP contribution is 2.13. The number of nitrogens with two attached hydrogens (primary N) is 1. The molecule has 3 N–H and O–H groups in total. The van der Waals surface area contributed by atoms with Crippen molar-refractivity contribution in [1.29, 1.82) is 0 Å². The number of rotatable bonds is 4. The van der Waals surface area contributed by atoms with Crippen molar-refractivity contribution < 1.29 is 10.4 Å². The molecular weight excluding hydrogens is 150 g/mol. The fourth-order valence-corrected chi connectivity index (χ4v) is 1.17. The van der Waals surface area contributed by atoms with E-state index >= 15 is 0 Å². The summed E-state index contributed by atoms with van der Waals surface area (Å²) in [4.78, 5) is 0. The molecule has 2 nitrogen and oxygen atoms in total. The van der Waals surface area contributed by atoms with Crippen molar-refractivity contribution in [3.8, 4) is 0 Å². The van der Waals surface area contributed by atoms with Crippen LogP contribution in [0.1, 0.15) is 18.1 Å². The first-order valence-electron chi connectivity index (χ1n) is 4.35. The van der Waals surface area contributed by atoms with Gasteiger partial charge in [0.25, 0.3) is 0 Å². The molecule has 0 spiro atoms. The second-order valence-corrected chi connectivity index (χ2v) is 2.91. The van der Waals surface area contributed by atoms with E-state index in [0.717, 1.165) is 18.5 Å². The van der Waals surface area contributed by atoms with Crippen LogP contribution in [0.3, 0.4) is 0 Å². The van der Waals surface area contributed by atoms with E-state index in [1.807, 2.05) is 37.4 Å². The van der Waals surface area contributed by atoms with Gasteiger partial charge in [0, 0.05) is 6.42 Å². The van der Waals surface area contributed by atoms with Gasteiger partial charge < -0.3 is 10.4 Å². The predicted octanol–water partition coefficient (Wildman–Crippen LogP) is 0.303. The van der Waals surface area contributed by atoms with E-state index < -0.39 is 0 Å². The Labute approximate surface area is 73.2 Å². The van der Waals surface area contributed by atoms with Gasteiger partial charge in [0.1, 0.15) is 0 Å². The zero-order valence-corrected chi connectivity index (χ0v) is 7.40. The number of quaternary nitrogens is 1. The molecule has 2 heteroatoms. The molecule has 1 aromatic rings. The van der Waals surface area contributed by atoms with Crippen LogP contribution in [0.4, 0.5) is 0 Å². The summed E-state index contributed by atoms with van der Waals surface area (Å²) in [6.45, 7) is 0.968. The van der Waals surface area contributed by atoms with Crippen LogP contribution in [0.5, 0.6) is 0 Å². The Morgan fingerprint density at radius 1 is 1.33 bits per heavy atom. The SMILES string of the molecule is C[NH2+]CC[C@@H](O)c1ccccc1. The minimum absolute atomic E-state index is 0.303. The lowest BCUT2D eigenvalue weighted by Gasteiger charge is -2.08. The van der Waals surface area contributed by atoms with E-state index in [4.69, 9.17) is 0 Å². The fraction of sp³-hybridized carbons (Fsp3) is 0.400. The second kappa shape index (κ2) is 4.91. The van der Waals surface area contributed by atoms with Gasteiger partial charge in [0.15, 0.2) is 0 Å². The summed E-state index contributed by atoms with van der Waals surface area (Å²) in [6, 6.07) is 9.78. The molecule has 0 saturated heterocycles. The molecule has 0 amide bonds. The highest BCUT2D eigenvalue weighted by Gasteiger charge is 2.05. The molecular formula is C10H16NO+. The van der Waals surface area contributed by atoms with Gasteiger partial charge in [-0.25, -0.2) is 0 Å².